The van der Waals surface area contributed by atoms with Crippen molar-refractivity contribution in [3.05, 3.63) is 59.4 Å². The third-order valence-electron chi connectivity index (χ3n) is 3.11. The zero-order chi connectivity index (χ0) is 17.5. The highest BCUT2D eigenvalue weighted by Crippen LogP contribution is 2.20. The van der Waals surface area contributed by atoms with Gasteiger partial charge in [0.05, 0.1) is 12.7 Å². The minimum Gasteiger partial charge on any atom is -0.465 e. The van der Waals surface area contributed by atoms with Crippen molar-refractivity contribution >= 4 is 23.5 Å². The highest BCUT2D eigenvalue weighted by Gasteiger charge is 2.14. The van der Waals surface area contributed by atoms with Crippen LogP contribution < -0.4 is 5.32 Å². The normalized spacial score (nSPS) is 9.92. The van der Waals surface area contributed by atoms with Gasteiger partial charge in [0, 0.05) is 24.4 Å². The first-order valence-corrected chi connectivity index (χ1v) is 7.08. The molecule has 0 aliphatic carbocycles. The van der Waals surface area contributed by atoms with E-state index in [1.54, 1.807) is 24.3 Å². The molecule has 2 rings (SSSR count). The highest BCUT2D eigenvalue weighted by molar-refractivity contribution is 6.04. The molecular formula is C17H16N2O5. The van der Waals surface area contributed by atoms with E-state index in [-0.39, 0.29) is 17.9 Å². The molecular weight excluding hydrogens is 312 g/mol. The Hall–Kier alpha value is -3.22. The number of nitrogens with one attached hydrogen (secondary N) is 1. The van der Waals surface area contributed by atoms with Gasteiger partial charge in [-0.2, -0.15) is 0 Å². The van der Waals surface area contributed by atoms with E-state index in [0.717, 1.165) is 0 Å². The summed E-state index contributed by atoms with van der Waals surface area (Å²) in [6.07, 6.45) is 1.50. The molecule has 1 aromatic carbocycles. The van der Waals surface area contributed by atoms with Gasteiger partial charge in [-0.15, -0.1) is 0 Å². The fourth-order valence-electron chi connectivity index (χ4n) is 1.93. The number of rotatable bonds is 5. The fraction of sp³-hybridized carbons (Fsp3) is 0.176. The van der Waals surface area contributed by atoms with E-state index >= 15 is 0 Å². The van der Waals surface area contributed by atoms with Gasteiger partial charge in [-0.1, -0.05) is 12.1 Å². The van der Waals surface area contributed by atoms with Gasteiger partial charge in [-0.05, 0) is 24.3 Å². The van der Waals surface area contributed by atoms with Crippen LogP contribution in [-0.2, 0) is 20.9 Å². The maximum absolute atomic E-state index is 12.3. The van der Waals surface area contributed by atoms with Gasteiger partial charge in [-0.3, -0.25) is 14.6 Å². The number of amides is 1. The van der Waals surface area contributed by atoms with E-state index in [2.05, 4.69) is 15.0 Å². The van der Waals surface area contributed by atoms with Crippen LogP contribution in [0, 0.1) is 0 Å². The maximum Gasteiger partial charge on any atom is 0.337 e. The first-order chi connectivity index (χ1) is 11.5. The lowest BCUT2D eigenvalue weighted by Gasteiger charge is -2.12. The van der Waals surface area contributed by atoms with Crippen LogP contribution in [0.5, 0.6) is 0 Å². The summed E-state index contributed by atoms with van der Waals surface area (Å²) in [5, 5.41) is 2.67. The number of hydrogen-bond donors (Lipinski definition) is 1. The largest absolute Gasteiger partial charge is 0.465 e. The van der Waals surface area contributed by atoms with Gasteiger partial charge >= 0.3 is 11.9 Å². The Morgan fingerprint density at radius 3 is 2.58 bits per heavy atom. The summed E-state index contributed by atoms with van der Waals surface area (Å²) < 4.78 is 9.63. The second-order valence-corrected chi connectivity index (χ2v) is 4.81. The van der Waals surface area contributed by atoms with Gasteiger partial charge in [0.1, 0.15) is 12.3 Å². The Labute approximate surface area is 138 Å². The molecule has 24 heavy (non-hydrogen) atoms. The predicted octanol–water partition coefficient (Wildman–Crippen LogP) is 2.18. The monoisotopic (exact) mass is 328 g/mol. The molecule has 0 aliphatic heterocycles. The zero-order valence-electron chi connectivity index (χ0n) is 13.2. The van der Waals surface area contributed by atoms with Crippen LogP contribution in [0.3, 0.4) is 0 Å². The Morgan fingerprint density at radius 2 is 1.96 bits per heavy atom. The van der Waals surface area contributed by atoms with Crippen molar-refractivity contribution in [2.45, 2.75) is 13.5 Å². The van der Waals surface area contributed by atoms with Gasteiger partial charge in [-0.25, -0.2) is 4.79 Å². The summed E-state index contributed by atoms with van der Waals surface area (Å²) in [5.74, 6) is -1.43. The lowest BCUT2D eigenvalue weighted by Crippen LogP contribution is -2.16. The van der Waals surface area contributed by atoms with E-state index in [1.165, 1.54) is 32.4 Å². The Morgan fingerprint density at radius 1 is 1.17 bits per heavy atom. The number of aromatic nitrogens is 1. The molecule has 0 saturated heterocycles. The van der Waals surface area contributed by atoms with Crippen molar-refractivity contribution < 1.29 is 23.9 Å². The standard InChI is InChI=1S/C17H16N2O5/c1-11(20)24-10-13-7-6-12(17(22)23-2)9-15(13)19-16(21)14-5-3-4-8-18-14/h3-9H,10H2,1-2H3,(H,19,21). The van der Waals surface area contributed by atoms with Crippen molar-refractivity contribution in [3.63, 3.8) is 0 Å². The van der Waals surface area contributed by atoms with Gasteiger partial charge < -0.3 is 14.8 Å². The van der Waals surface area contributed by atoms with E-state index < -0.39 is 17.8 Å². The van der Waals surface area contributed by atoms with Crippen LogP contribution in [-0.4, -0.2) is 29.9 Å². The summed E-state index contributed by atoms with van der Waals surface area (Å²) >= 11 is 0. The molecule has 1 amide bonds. The van der Waals surface area contributed by atoms with Gasteiger partial charge in [0.2, 0.25) is 0 Å². The number of carbonyl (C=O) groups is 3. The lowest BCUT2D eigenvalue weighted by atomic mass is 10.1. The third kappa shape index (κ3) is 4.39. The lowest BCUT2D eigenvalue weighted by molar-refractivity contribution is -0.142. The second-order valence-electron chi connectivity index (χ2n) is 4.81. The SMILES string of the molecule is COC(=O)c1ccc(COC(C)=O)c(NC(=O)c2ccccn2)c1. The molecule has 2 aromatic rings. The molecule has 124 valence electrons. The molecule has 7 nitrogen and oxygen atoms in total. The topological polar surface area (TPSA) is 94.6 Å². The number of ether oxygens (including phenoxy) is 2. The summed E-state index contributed by atoms with van der Waals surface area (Å²) in [6, 6.07) is 9.52. The summed E-state index contributed by atoms with van der Waals surface area (Å²) in [4.78, 5) is 38.9. The van der Waals surface area contributed by atoms with Crippen LogP contribution in [0.4, 0.5) is 5.69 Å². The van der Waals surface area contributed by atoms with E-state index in [1.807, 2.05) is 0 Å². The van der Waals surface area contributed by atoms with Crippen molar-refractivity contribution in [2.24, 2.45) is 0 Å². The average Bonchev–Trinajstić information content (AvgIpc) is 2.60. The number of nitrogens with zero attached hydrogens (tertiary/aromatic N) is 1. The minimum absolute atomic E-state index is 0.0331. The molecule has 0 fully saturated rings. The Bertz CT molecular complexity index is 759. The van der Waals surface area contributed by atoms with Crippen LogP contribution in [0.1, 0.15) is 33.3 Å². The van der Waals surface area contributed by atoms with Gasteiger partial charge in [0.15, 0.2) is 0 Å². The van der Waals surface area contributed by atoms with Crippen molar-refractivity contribution in [3.8, 4) is 0 Å². The predicted molar refractivity (Wildman–Crippen MR) is 85.4 cm³/mol. The van der Waals surface area contributed by atoms with Crippen LogP contribution in [0.25, 0.3) is 0 Å². The molecule has 0 saturated carbocycles. The Kier molecular flexibility index (Phi) is 5.62. The van der Waals surface area contributed by atoms with Crippen LogP contribution in [0.2, 0.25) is 0 Å². The number of esters is 2. The smallest absolute Gasteiger partial charge is 0.337 e. The van der Waals surface area contributed by atoms with Crippen molar-refractivity contribution in [1.29, 1.82) is 0 Å². The number of anilines is 1. The number of methoxy groups -OCH3 is 1. The Balaban J connectivity index is 2.30. The average molecular weight is 328 g/mol. The molecule has 7 heteroatoms. The molecule has 0 spiro atoms. The molecule has 0 radical (unpaired) electrons. The number of carbonyl (C=O) groups excluding carboxylic acids is 3. The van der Waals surface area contributed by atoms with E-state index in [9.17, 15) is 14.4 Å². The molecule has 1 aromatic heterocycles. The first-order valence-electron chi connectivity index (χ1n) is 7.08. The summed E-state index contributed by atoms with van der Waals surface area (Å²) in [7, 11) is 1.27. The molecule has 0 bridgehead atoms. The fourth-order valence-corrected chi connectivity index (χ4v) is 1.93. The second kappa shape index (κ2) is 7.87. The summed E-state index contributed by atoms with van der Waals surface area (Å²) in [5.41, 5.74) is 1.37. The molecule has 0 atom stereocenters. The first kappa shape index (κ1) is 17.1. The summed E-state index contributed by atoms with van der Waals surface area (Å²) in [6.45, 7) is 1.25. The van der Waals surface area contributed by atoms with Crippen LogP contribution in [0.15, 0.2) is 42.6 Å². The molecule has 1 heterocycles. The van der Waals surface area contributed by atoms with E-state index in [4.69, 9.17) is 4.74 Å². The molecule has 0 unspecified atom stereocenters. The maximum atomic E-state index is 12.3. The number of benzene rings is 1. The van der Waals surface area contributed by atoms with Gasteiger partial charge in [0.25, 0.3) is 5.91 Å². The van der Waals surface area contributed by atoms with Crippen LogP contribution >= 0.6 is 0 Å². The van der Waals surface area contributed by atoms with Crippen molar-refractivity contribution in [1.82, 2.24) is 4.98 Å². The molecule has 0 aliphatic rings. The van der Waals surface area contributed by atoms with E-state index in [0.29, 0.717) is 11.3 Å². The zero-order valence-corrected chi connectivity index (χ0v) is 13.2. The molecule has 1 N–H and O–H groups in total. The third-order valence-corrected chi connectivity index (χ3v) is 3.11. The van der Waals surface area contributed by atoms with Crippen molar-refractivity contribution in [2.75, 3.05) is 12.4 Å². The number of hydrogen-bond acceptors (Lipinski definition) is 6. The highest BCUT2D eigenvalue weighted by atomic mass is 16.5. The minimum atomic E-state index is -0.539. The quantitative estimate of drug-likeness (QED) is 0.845. The number of pyridine rings is 1.